The van der Waals surface area contributed by atoms with E-state index in [-0.39, 0.29) is 0 Å². The number of benzene rings is 2. The highest BCUT2D eigenvalue weighted by Crippen LogP contribution is 2.35. The van der Waals surface area contributed by atoms with Crippen LogP contribution in [0.1, 0.15) is 12.0 Å². The maximum absolute atomic E-state index is 6.15. The molecule has 0 amide bonds. The Bertz CT molecular complexity index is 1220. The lowest BCUT2D eigenvalue weighted by Crippen LogP contribution is -2.31. The van der Waals surface area contributed by atoms with Crippen LogP contribution in [0, 0.1) is 0 Å². The van der Waals surface area contributed by atoms with Crippen molar-refractivity contribution in [1.82, 2.24) is 19.8 Å². The summed E-state index contributed by atoms with van der Waals surface area (Å²) >= 11 is 6.15. The molecule has 0 radical (unpaired) electrons. The molecule has 150 valence electrons. The number of aromatic nitrogens is 2. The van der Waals surface area contributed by atoms with Crippen LogP contribution in [-0.2, 0) is 6.54 Å². The van der Waals surface area contributed by atoms with Crippen LogP contribution in [0.5, 0.6) is 5.75 Å². The molecule has 1 fully saturated rings. The lowest BCUT2D eigenvalue weighted by molar-refractivity contribution is 0.262. The summed E-state index contributed by atoms with van der Waals surface area (Å²) in [6.45, 7) is 3.11. The van der Waals surface area contributed by atoms with Gasteiger partial charge in [0, 0.05) is 64.1 Å². The molecule has 0 spiro atoms. The van der Waals surface area contributed by atoms with Gasteiger partial charge in [-0.15, -0.1) is 0 Å². The van der Waals surface area contributed by atoms with Crippen molar-refractivity contribution in [2.45, 2.75) is 19.0 Å². The Hall–Kier alpha value is -2.34. The predicted octanol–water partition coefficient (Wildman–Crippen LogP) is 4.67. The number of halogens is 1. The smallest absolute Gasteiger partial charge is 0.124 e. The van der Waals surface area contributed by atoms with E-state index in [1.807, 2.05) is 24.4 Å². The fourth-order valence-electron chi connectivity index (χ4n) is 4.52. The van der Waals surface area contributed by atoms with Crippen LogP contribution in [0.2, 0.25) is 5.02 Å². The topological polar surface area (TPSA) is 44.4 Å². The van der Waals surface area contributed by atoms with Crippen molar-refractivity contribution < 1.29 is 4.74 Å². The minimum Gasteiger partial charge on any atom is -0.496 e. The van der Waals surface area contributed by atoms with Gasteiger partial charge in [-0.05, 0) is 50.8 Å². The standard InChI is InChI=1S/C23H25ClN4O/c1-27(2)16-6-7-28(13-16)12-14-8-21-18(10-22(14)29-3)19-11-25-20-9-15(24)4-5-17(20)23(19)26-21/h4-5,8-11,16,26H,6-7,12-13H2,1-3H3. The van der Waals surface area contributed by atoms with Gasteiger partial charge in [-0.3, -0.25) is 9.88 Å². The number of hydrogen-bond donors (Lipinski definition) is 1. The molecular weight excluding hydrogens is 384 g/mol. The number of ether oxygens (including phenoxy) is 1. The first-order valence-corrected chi connectivity index (χ1v) is 10.4. The summed E-state index contributed by atoms with van der Waals surface area (Å²) in [5.41, 5.74) is 4.32. The molecule has 1 N–H and O–H groups in total. The van der Waals surface area contributed by atoms with Crippen molar-refractivity contribution in [3.8, 4) is 5.75 Å². The maximum atomic E-state index is 6.15. The number of methoxy groups -OCH3 is 1. The molecule has 5 rings (SSSR count). The van der Waals surface area contributed by atoms with E-state index in [1.54, 1.807) is 7.11 Å². The molecule has 2 aromatic heterocycles. The Labute approximate surface area is 175 Å². The van der Waals surface area contributed by atoms with Crippen molar-refractivity contribution in [3.63, 3.8) is 0 Å². The van der Waals surface area contributed by atoms with E-state index in [4.69, 9.17) is 16.3 Å². The van der Waals surface area contributed by atoms with E-state index < -0.39 is 0 Å². The summed E-state index contributed by atoms with van der Waals surface area (Å²) in [6.07, 6.45) is 3.14. The Morgan fingerprint density at radius 2 is 2.07 bits per heavy atom. The molecule has 1 unspecified atom stereocenters. The summed E-state index contributed by atoms with van der Waals surface area (Å²) in [5, 5.41) is 4.02. The van der Waals surface area contributed by atoms with Gasteiger partial charge in [0.05, 0.1) is 18.1 Å². The Morgan fingerprint density at radius 3 is 2.83 bits per heavy atom. The van der Waals surface area contributed by atoms with Crippen LogP contribution in [-0.4, -0.2) is 60.1 Å². The third-order valence-corrected chi connectivity index (χ3v) is 6.41. The fourth-order valence-corrected chi connectivity index (χ4v) is 4.69. The summed E-state index contributed by atoms with van der Waals surface area (Å²) in [6, 6.07) is 10.9. The molecule has 1 atom stereocenters. The second kappa shape index (κ2) is 7.17. The molecule has 4 aromatic rings. The molecule has 0 bridgehead atoms. The number of likely N-dealkylation sites (N-methyl/N-ethyl adjacent to an activating group) is 1. The Kier molecular flexibility index (Phi) is 4.62. The number of likely N-dealkylation sites (tertiary alicyclic amines) is 1. The number of aromatic amines is 1. The van der Waals surface area contributed by atoms with Crippen LogP contribution < -0.4 is 4.74 Å². The molecule has 1 saturated heterocycles. The molecule has 29 heavy (non-hydrogen) atoms. The molecule has 2 aromatic carbocycles. The highest BCUT2D eigenvalue weighted by molar-refractivity contribution is 6.31. The molecule has 3 heterocycles. The number of H-pyrrole nitrogens is 1. The number of pyridine rings is 1. The average molecular weight is 409 g/mol. The lowest BCUT2D eigenvalue weighted by Gasteiger charge is -2.21. The van der Waals surface area contributed by atoms with Crippen LogP contribution in [0.4, 0.5) is 0 Å². The molecule has 0 aliphatic carbocycles. The van der Waals surface area contributed by atoms with Crippen LogP contribution >= 0.6 is 11.6 Å². The SMILES string of the molecule is COc1cc2c(cc1CN1CCC(N(C)C)C1)[nH]c1c3ccc(Cl)cc3ncc21. The van der Waals surface area contributed by atoms with Crippen molar-refractivity contribution in [1.29, 1.82) is 0 Å². The van der Waals surface area contributed by atoms with Gasteiger partial charge in [0.1, 0.15) is 5.75 Å². The molecule has 1 aliphatic heterocycles. The van der Waals surface area contributed by atoms with Gasteiger partial charge in [-0.2, -0.15) is 0 Å². The largest absolute Gasteiger partial charge is 0.496 e. The molecule has 1 aliphatic rings. The van der Waals surface area contributed by atoms with Crippen molar-refractivity contribution in [2.24, 2.45) is 0 Å². The Morgan fingerprint density at radius 1 is 1.21 bits per heavy atom. The van der Waals surface area contributed by atoms with Gasteiger partial charge in [-0.1, -0.05) is 11.6 Å². The first-order chi connectivity index (χ1) is 14.0. The van der Waals surface area contributed by atoms with Crippen LogP contribution in [0.25, 0.3) is 32.7 Å². The van der Waals surface area contributed by atoms with E-state index in [1.165, 1.54) is 12.0 Å². The second-order valence-electron chi connectivity index (χ2n) is 8.18. The number of fused-ring (bicyclic) bond motifs is 5. The highest BCUT2D eigenvalue weighted by atomic mass is 35.5. The average Bonchev–Trinajstić information content (AvgIpc) is 3.31. The third kappa shape index (κ3) is 3.23. The maximum Gasteiger partial charge on any atom is 0.124 e. The van der Waals surface area contributed by atoms with Gasteiger partial charge in [0.25, 0.3) is 0 Å². The normalized spacial score (nSPS) is 17.9. The monoisotopic (exact) mass is 408 g/mol. The number of hydrogen-bond acceptors (Lipinski definition) is 4. The van der Waals surface area contributed by atoms with Gasteiger partial charge >= 0.3 is 0 Å². The summed E-state index contributed by atoms with van der Waals surface area (Å²) in [5.74, 6) is 0.933. The molecule has 5 nitrogen and oxygen atoms in total. The van der Waals surface area contributed by atoms with Gasteiger partial charge in [0.2, 0.25) is 0 Å². The molecule has 6 heteroatoms. The van der Waals surface area contributed by atoms with Crippen LogP contribution in [0.3, 0.4) is 0 Å². The quantitative estimate of drug-likeness (QED) is 0.533. The number of nitrogens with zero attached hydrogens (tertiary/aromatic N) is 3. The van der Waals surface area contributed by atoms with Gasteiger partial charge in [-0.25, -0.2) is 0 Å². The van der Waals surface area contributed by atoms with Crippen molar-refractivity contribution in [2.75, 3.05) is 34.3 Å². The molecule has 0 saturated carbocycles. The van der Waals surface area contributed by atoms with Crippen molar-refractivity contribution >= 4 is 44.3 Å². The molecular formula is C23H25ClN4O. The van der Waals surface area contributed by atoms with Crippen LogP contribution in [0.15, 0.2) is 36.5 Å². The second-order valence-corrected chi connectivity index (χ2v) is 8.62. The minimum atomic E-state index is 0.627. The number of nitrogens with one attached hydrogen (secondary N) is 1. The first kappa shape index (κ1) is 18.7. The predicted molar refractivity (Wildman–Crippen MR) is 120 cm³/mol. The van der Waals surface area contributed by atoms with E-state index in [2.05, 4.69) is 46.0 Å². The van der Waals surface area contributed by atoms with Gasteiger partial charge < -0.3 is 14.6 Å². The summed E-state index contributed by atoms with van der Waals surface area (Å²) in [4.78, 5) is 13.1. The first-order valence-electron chi connectivity index (χ1n) is 9.99. The van der Waals surface area contributed by atoms with E-state index in [0.717, 1.165) is 58.1 Å². The Balaban J connectivity index is 1.59. The fraction of sp³-hybridized carbons (Fsp3) is 0.348. The van der Waals surface area contributed by atoms with Gasteiger partial charge in [0.15, 0.2) is 0 Å². The van der Waals surface area contributed by atoms with E-state index in [9.17, 15) is 0 Å². The lowest BCUT2D eigenvalue weighted by atomic mass is 10.1. The minimum absolute atomic E-state index is 0.627. The summed E-state index contributed by atoms with van der Waals surface area (Å²) < 4.78 is 5.77. The zero-order valence-electron chi connectivity index (χ0n) is 17.0. The van der Waals surface area contributed by atoms with E-state index in [0.29, 0.717) is 11.1 Å². The zero-order valence-corrected chi connectivity index (χ0v) is 17.8. The van der Waals surface area contributed by atoms with Crippen molar-refractivity contribution in [3.05, 3.63) is 47.1 Å². The van der Waals surface area contributed by atoms with E-state index >= 15 is 0 Å². The zero-order chi connectivity index (χ0) is 20.1. The number of rotatable bonds is 4. The highest BCUT2D eigenvalue weighted by Gasteiger charge is 2.25. The third-order valence-electron chi connectivity index (χ3n) is 6.17. The summed E-state index contributed by atoms with van der Waals surface area (Å²) in [7, 11) is 6.08.